The van der Waals surface area contributed by atoms with E-state index in [0.717, 1.165) is 3.81 Å². The minimum atomic E-state index is -0.290. The lowest BCUT2D eigenvalue weighted by Gasteiger charge is -2.24. The van der Waals surface area contributed by atoms with E-state index in [0.29, 0.717) is 11.5 Å². The van der Waals surface area contributed by atoms with Gasteiger partial charge in [-0.2, -0.15) is 12.6 Å². The number of ether oxygens (including phenoxy) is 1. The summed E-state index contributed by atoms with van der Waals surface area (Å²) in [4.78, 5) is 11.7. The summed E-state index contributed by atoms with van der Waals surface area (Å²) in [7, 11) is 1.40. The van der Waals surface area contributed by atoms with Crippen molar-refractivity contribution in [3.05, 3.63) is 34.2 Å². The maximum Gasteiger partial charge on any atom is 0.333 e. The van der Waals surface area contributed by atoms with Gasteiger partial charge in [-0.25, -0.2) is 4.79 Å². The van der Waals surface area contributed by atoms with Crippen LogP contribution in [0.4, 0.5) is 0 Å². The molecule has 1 rings (SSSR count). The van der Waals surface area contributed by atoms with Gasteiger partial charge in [0.25, 0.3) is 0 Å². The molecule has 1 saturated carbocycles. The van der Waals surface area contributed by atoms with Gasteiger partial charge in [0.1, 0.15) is 0 Å². The Kier molecular flexibility index (Phi) is 6.28. The summed E-state index contributed by atoms with van der Waals surface area (Å²) in [6, 6.07) is 0. The first-order valence-electron chi connectivity index (χ1n) is 6.76. The fraction of sp³-hybridized carbons (Fsp3) is 0.562. The third kappa shape index (κ3) is 3.62. The van der Waals surface area contributed by atoms with Gasteiger partial charge in [-0.3, -0.25) is 0 Å². The standard InChI is InChI=1S/C16H23BrO2S2/c1-7-8-13(17)21-12(9-10(2)14(18)19-6)15(4)11(3)16(15,5)20/h7-9,11-12,20H,1H2,2-6H3/b10-9+,13-8-/t11-,12?,15?,16+/m1/s1. The highest BCUT2D eigenvalue weighted by atomic mass is 79.9. The van der Waals surface area contributed by atoms with Gasteiger partial charge in [0.15, 0.2) is 0 Å². The molecule has 0 aromatic heterocycles. The Morgan fingerprint density at radius 1 is 1.52 bits per heavy atom. The molecule has 0 heterocycles. The average molecular weight is 391 g/mol. The summed E-state index contributed by atoms with van der Waals surface area (Å²) in [6.07, 6.45) is 5.64. The predicted molar refractivity (Wildman–Crippen MR) is 99.0 cm³/mol. The molecule has 0 amide bonds. The van der Waals surface area contributed by atoms with Crippen molar-refractivity contribution in [1.82, 2.24) is 0 Å². The summed E-state index contributed by atoms with van der Waals surface area (Å²) in [5, 5.41) is 0.125. The van der Waals surface area contributed by atoms with Crippen LogP contribution in [0.25, 0.3) is 0 Å². The molecule has 0 radical (unpaired) electrons. The SMILES string of the molecule is C=C/C=C(/Br)SC(/C=C(\C)C(=O)OC)C1(C)[C@@H](C)[C@]1(C)S. The van der Waals surface area contributed by atoms with Gasteiger partial charge >= 0.3 is 5.97 Å². The lowest BCUT2D eigenvalue weighted by atomic mass is 9.98. The van der Waals surface area contributed by atoms with Crippen molar-refractivity contribution < 1.29 is 9.53 Å². The van der Waals surface area contributed by atoms with Crippen LogP contribution in [-0.4, -0.2) is 23.1 Å². The number of methoxy groups -OCH3 is 1. The Morgan fingerprint density at radius 3 is 2.43 bits per heavy atom. The first-order valence-corrected chi connectivity index (χ1v) is 8.88. The molecule has 0 aliphatic heterocycles. The summed E-state index contributed by atoms with van der Waals surface area (Å²) in [6.45, 7) is 12.1. The Morgan fingerprint density at radius 2 is 2.05 bits per heavy atom. The minimum absolute atomic E-state index is 0.00406. The molecular formula is C16H23BrO2S2. The van der Waals surface area contributed by atoms with Crippen molar-refractivity contribution in [2.24, 2.45) is 11.3 Å². The van der Waals surface area contributed by atoms with Gasteiger partial charge in [-0.15, -0.1) is 11.8 Å². The molecule has 118 valence electrons. The molecule has 2 nitrogen and oxygen atoms in total. The Bertz CT molecular complexity index is 497. The van der Waals surface area contributed by atoms with Crippen molar-refractivity contribution in [2.45, 2.75) is 37.7 Å². The van der Waals surface area contributed by atoms with Gasteiger partial charge < -0.3 is 4.74 Å². The zero-order valence-electron chi connectivity index (χ0n) is 13.1. The van der Waals surface area contributed by atoms with E-state index in [1.54, 1.807) is 24.8 Å². The van der Waals surface area contributed by atoms with E-state index in [2.05, 4.69) is 43.3 Å². The highest BCUT2D eigenvalue weighted by molar-refractivity contribution is 9.14. The predicted octanol–water partition coefficient (Wildman–Crippen LogP) is 4.97. The lowest BCUT2D eigenvalue weighted by Crippen LogP contribution is -2.22. The van der Waals surface area contributed by atoms with Crippen LogP contribution >= 0.6 is 40.3 Å². The minimum Gasteiger partial charge on any atom is -0.466 e. The van der Waals surface area contributed by atoms with Gasteiger partial charge in [-0.05, 0) is 41.8 Å². The molecule has 0 aromatic carbocycles. The third-order valence-corrected chi connectivity index (χ3v) is 7.67. The number of halogens is 1. The number of rotatable bonds is 6. The van der Waals surface area contributed by atoms with E-state index in [1.807, 2.05) is 12.2 Å². The molecule has 0 saturated heterocycles. The quantitative estimate of drug-likeness (QED) is 0.300. The highest BCUT2D eigenvalue weighted by Crippen LogP contribution is 2.70. The van der Waals surface area contributed by atoms with Crippen LogP contribution in [0.3, 0.4) is 0 Å². The number of allylic oxidation sites excluding steroid dienone is 2. The molecule has 2 unspecified atom stereocenters. The topological polar surface area (TPSA) is 26.3 Å². The normalized spacial score (nSPS) is 34.3. The first-order chi connectivity index (χ1) is 9.62. The monoisotopic (exact) mass is 390 g/mol. The van der Waals surface area contributed by atoms with E-state index in [4.69, 9.17) is 17.4 Å². The maximum atomic E-state index is 11.7. The molecule has 21 heavy (non-hydrogen) atoms. The largest absolute Gasteiger partial charge is 0.466 e. The van der Waals surface area contributed by atoms with Crippen LogP contribution in [0.5, 0.6) is 0 Å². The van der Waals surface area contributed by atoms with Crippen LogP contribution in [0.1, 0.15) is 27.7 Å². The summed E-state index contributed by atoms with van der Waals surface area (Å²) >= 11 is 10.0. The van der Waals surface area contributed by atoms with Crippen molar-refractivity contribution in [1.29, 1.82) is 0 Å². The number of thioether (sulfide) groups is 1. The van der Waals surface area contributed by atoms with Crippen LogP contribution in [0.15, 0.2) is 34.2 Å². The van der Waals surface area contributed by atoms with E-state index in [9.17, 15) is 4.79 Å². The van der Waals surface area contributed by atoms with Gasteiger partial charge in [0.2, 0.25) is 0 Å². The smallest absolute Gasteiger partial charge is 0.333 e. The molecule has 0 N–H and O–H groups in total. The third-order valence-electron chi connectivity index (χ3n) is 4.74. The first kappa shape index (κ1) is 18.9. The summed E-state index contributed by atoms with van der Waals surface area (Å²) in [5.74, 6) is 0.166. The molecule has 0 bridgehead atoms. The van der Waals surface area contributed by atoms with Crippen molar-refractivity contribution >= 4 is 46.3 Å². The van der Waals surface area contributed by atoms with E-state index < -0.39 is 0 Å². The van der Waals surface area contributed by atoms with Crippen LogP contribution in [-0.2, 0) is 9.53 Å². The molecule has 0 aromatic rings. The second-order valence-electron chi connectivity index (χ2n) is 5.74. The zero-order chi connectivity index (χ0) is 16.4. The number of thiol groups is 1. The van der Waals surface area contributed by atoms with Crippen LogP contribution < -0.4 is 0 Å². The van der Waals surface area contributed by atoms with Gasteiger partial charge in [-0.1, -0.05) is 32.6 Å². The van der Waals surface area contributed by atoms with E-state index in [-0.39, 0.29) is 21.4 Å². The van der Waals surface area contributed by atoms with Gasteiger partial charge in [0.05, 0.1) is 10.9 Å². The Labute approximate surface area is 146 Å². The molecule has 5 heteroatoms. The summed E-state index contributed by atoms with van der Waals surface area (Å²) in [5.41, 5.74) is 0.628. The van der Waals surface area contributed by atoms with Crippen molar-refractivity contribution in [3.8, 4) is 0 Å². The molecule has 1 aliphatic carbocycles. The number of carbonyl (C=O) groups is 1. The van der Waals surface area contributed by atoms with Crippen molar-refractivity contribution in [3.63, 3.8) is 0 Å². The zero-order valence-corrected chi connectivity index (χ0v) is 16.4. The molecule has 4 atom stereocenters. The van der Waals surface area contributed by atoms with Gasteiger partial charge in [0, 0.05) is 21.0 Å². The summed E-state index contributed by atoms with van der Waals surface area (Å²) < 4.78 is 5.73. The van der Waals surface area contributed by atoms with E-state index in [1.165, 1.54) is 7.11 Å². The Hall–Kier alpha value is -0.130. The highest BCUT2D eigenvalue weighted by Gasteiger charge is 2.69. The average Bonchev–Trinajstić information content (AvgIpc) is 2.82. The number of hydrogen-bond donors (Lipinski definition) is 1. The number of carbonyl (C=O) groups excluding carboxylic acids is 1. The fourth-order valence-corrected chi connectivity index (χ4v) is 5.44. The molecule has 1 fully saturated rings. The fourth-order valence-electron chi connectivity index (χ4n) is 2.64. The number of hydrogen-bond acceptors (Lipinski definition) is 4. The number of esters is 1. The second-order valence-corrected chi connectivity index (χ2v) is 9.23. The van der Waals surface area contributed by atoms with Crippen molar-refractivity contribution in [2.75, 3.05) is 7.11 Å². The van der Waals surface area contributed by atoms with E-state index >= 15 is 0 Å². The Balaban J connectivity index is 3.11. The second kappa shape index (κ2) is 6.97. The van der Waals surface area contributed by atoms with Crippen LogP contribution in [0.2, 0.25) is 0 Å². The molecule has 1 aliphatic rings. The molecule has 0 spiro atoms. The lowest BCUT2D eigenvalue weighted by molar-refractivity contribution is -0.136. The maximum absolute atomic E-state index is 11.7. The van der Waals surface area contributed by atoms with Crippen LogP contribution in [0, 0.1) is 11.3 Å². The molecular weight excluding hydrogens is 368 g/mol.